The summed E-state index contributed by atoms with van der Waals surface area (Å²) in [4.78, 5) is 15.0. The maximum Gasteiger partial charge on any atom is 0.156 e. The second kappa shape index (κ2) is 5.06. The van der Waals surface area contributed by atoms with Gasteiger partial charge in [0.15, 0.2) is 5.82 Å². The molecule has 5 rings (SSSR count). The average Bonchev–Trinajstić information content (AvgIpc) is 2.98. The number of hydrogen-bond donors (Lipinski definition) is 1. The van der Waals surface area contributed by atoms with E-state index >= 15 is 0 Å². The number of aromatic amines is 1. The lowest BCUT2D eigenvalue weighted by molar-refractivity contribution is 0.722. The zero-order chi connectivity index (χ0) is 16.1. The third kappa shape index (κ3) is 1.99. The molecule has 3 heterocycles. The Hall–Kier alpha value is -2.88. The Balaban J connectivity index is 1.66. The third-order valence-corrected chi connectivity index (χ3v) is 4.95. The highest BCUT2D eigenvalue weighted by Gasteiger charge is 2.20. The maximum atomic E-state index is 4.60. The lowest BCUT2D eigenvalue weighted by Gasteiger charge is -2.29. The van der Waals surface area contributed by atoms with Crippen LogP contribution in [0.15, 0.2) is 48.8 Å². The topological polar surface area (TPSA) is 44.8 Å². The number of fused-ring (bicyclic) bond motifs is 4. The van der Waals surface area contributed by atoms with Gasteiger partial charge < -0.3 is 9.88 Å². The van der Waals surface area contributed by atoms with Crippen molar-refractivity contribution < 1.29 is 0 Å². The summed E-state index contributed by atoms with van der Waals surface area (Å²) < 4.78 is 0. The summed E-state index contributed by atoms with van der Waals surface area (Å²) in [5.74, 6) is 1.00. The van der Waals surface area contributed by atoms with E-state index in [0.29, 0.717) is 0 Å². The van der Waals surface area contributed by atoms with Gasteiger partial charge >= 0.3 is 0 Å². The van der Waals surface area contributed by atoms with Crippen molar-refractivity contribution in [3.05, 3.63) is 65.5 Å². The zero-order valence-electron chi connectivity index (χ0n) is 13.6. The smallest absolute Gasteiger partial charge is 0.156 e. The van der Waals surface area contributed by atoms with Gasteiger partial charge in [-0.05, 0) is 36.1 Å². The fourth-order valence-corrected chi connectivity index (χ4v) is 3.71. The lowest BCUT2D eigenvalue weighted by Crippen LogP contribution is -2.31. The predicted octanol–water partition coefficient (Wildman–Crippen LogP) is 3.98. The van der Waals surface area contributed by atoms with Gasteiger partial charge in [-0.3, -0.25) is 0 Å². The molecular formula is C20H18N4. The monoisotopic (exact) mass is 314 g/mol. The van der Waals surface area contributed by atoms with Gasteiger partial charge in [-0.1, -0.05) is 36.4 Å². The van der Waals surface area contributed by atoms with Crippen LogP contribution in [0.5, 0.6) is 0 Å². The van der Waals surface area contributed by atoms with Crippen molar-refractivity contribution in [1.82, 2.24) is 15.0 Å². The summed E-state index contributed by atoms with van der Waals surface area (Å²) >= 11 is 0. The average molecular weight is 314 g/mol. The molecule has 4 aromatic rings. The van der Waals surface area contributed by atoms with Gasteiger partial charge in [0, 0.05) is 24.0 Å². The van der Waals surface area contributed by atoms with Crippen molar-refractivity contribution >= 4 is 27.8 Å². The predicted molar refractivity (Wildman–Crippen MR) is 97.3 cm³/mol. The number of aromatic nitrogens is 3. The van der Waals surface area contributed by atoms with Crippen LogP contribution in [0.3, 0.4) is 0 Å². The molecule has 0 saturated heterocycles. The lowest BCUT2D eigenvalue weighted by atomic mass is 10.00. The molecule has 4 heteroatoms. The Bertz CT molecular complexity index is 1060. The van der Waals surface area contributed by atoms with Gasteiger partial charge in [-0.2, -0.15) is 0 Å². The van der Waals surface area contributed by atoms with Crippen molar-refractivity contribution in [2.24, 2.45) is 0 Å². The second-order valence-electron chi connectivity index (χ2n) is 6.54. The molecule has 0 fully saturated rings. The van der Waals surface area contributed by atoms with E-state index in [1.54, 1.807) is 6.33 Å². The highest BCUT2D eigenvalue weighted by molar-refractivity contribution is 6.08. The highest BCUT2D eigenvalue weighted by Crippen LogP contribution is 2.32. The fraction of sp³-hybridized carbons (Fsp3) is 0.200. The molecule has 0 saturated carbocycles. The molecule has 24 heavy (non-hydrogen) atoms. The molecular weight excluding hydrogens is 296 g/mol. The van der Waals surface area contributed by atoms with Crippen LogP contribution in [-0.4, -0.2) is 21.5 Å². The number of nitrogens with zero attached hydrogens (tertiary/aromatic N) is 3. The Kier molecular flexibility index (Phi) is 2.86. The van der Waals surface area contributed by atoms with E-state index in [0.717, 1.165) is 47.3 Å². The zero-order valence-corrected chi connectivity index (χ0v) is 13.6. The number of nitrogens with one attached hydrogen (secondary N) is 1. The Morgan fingerprint density at radius 1 is 1.04 bits per heavy atom. The number of benzene rings is 2. The minimum Gasteiger partial charge on any atom is -0.350 e. The normalized spacial score (nSPS) is 14.3. The molecule has 0 aliphatic carbocycles. The first-order valence-corrected chi connectivity index (χ1v) is 8.34. The van der Waals surface area contributed by atoms with Crippen molar-refractivity contribution in [3.8, 4) is 0 Å². The number of anilines is 1. The van der Waals surface area contributed by atoms with Gasteiger partial charge in [0.2, 0.25) is 0 Å². The maximum absolute atomic E-state index is 4.60. The molecule has 1 aliphatic heterocycles. The SMILES string of the molecule is Cc1ccc2c(c1)[nH]c1c(N3CCc4ccccc4C3)ncnc12. The second-order valence-corrected chi connectivity index (χ2v) is 6.54. The van der Waals surface area contributed by atoms with Crippen LogP contribution < -0.4 is 4.90 Å². The number of H-pyrrole nitrogens is 1. The molecule has 0 radical (unpaired) electrons. The summed E-state index contributed by atoms with van der Waals surface area (Å²) in [6.45, 7) is 3.99. The summed E-state index contributed by atoms with van der Waals surface area (Å²) in [6.07, 6.45) is 2.74. The molecule has 0 unspecified atom stereocenters. The molecule has 0 bridgehead atoms. The molecule has 1 N–H and O–H groups in total. The van der Waals surface area contributed by atoms with Crippen LogP contribution in [0, 0.1) is 6.92 Å². The van der Waals surface area contributed by atoms with Crippen LogP contribution in [-0.2, 0) is 13.0 Å². The first-order valence-electron chi connectivity index (χ1n) is 8.34. The summed E-state index contributed by atoms with van der Waals surface area (Å²) in [5.41, 5.74) is 7.26. The first-order chi connectivity index (χ1) is 11.8. The van der Waals surface area contributed by atoms with E-state index in [2.05, 4.69) is 69.2 Å². The van der Waals surface area contributed by atoms with Crippen LogP contribution in [0.25, 0.3) is 21.9 Å². The van der Waals surface area contributed by atoms with Gasteiger partial charge in [0.05, 0.1) is 0 Å². The molecule has 2 aromatic carbocycles. The highest BCUT2D eigenvalue weighted by atomic mass is 15.2. The molecule has 2 aromatic heterocycles. The van der Waals surface area contributed by atoms with Crippen LogP contribution >= 0.6 is 0 Å². The van der Waals surface area contributed by atoms with Crippen molar-refractivity contribution in [1.29, 1.82) is 0 Å². The van der Waals surface area contributed by atoms with Gasteiger partial charge in [-0.25, -0.2) is 9.97 Å². The summed E-state index contributed by atoms with van der Waals surface area (Å²) in [6, 6.07) is 15.1. The fourth-order valence-electron chi connectivity index (χ4n) is 3.71. The van der Waals surface area contributed by atoms with E-state index in [-0.39, 0.29) is 0 Å². The minimum atomic E-state index is 0.899. The third-order valence-electron chi connectivity index (χ3n) is 4.95. The summed E-state index contributed by atoms with van der Waals surface area (Å²) in [5, 5.41) is 1.16. The van der Waals surface area contributed by atoms with E-state index in [1.165, 1.54) is 16.7 Å². The molecule has 4 nitrogen and oxygen atoms in total. The van der Waals surface area contributed by atoms with Crippen LogP contribution in [0.2, 0.25) is 0 Å². The van der Waals surface area contributed by atoms with E-state index in [4.69, 9.17) is 0 Å². The molecule has 0 atom stereocenters. The minimum absolute atomic E-state index is 0.899. The van der Waals surface area contributed by atoms with Gasteiger partial charge in [0.25, 0.3) is 0 Å². The largest absolute Gasteiger partial charge is 0.350 e. The number of aryl methyl sites for hydroxylation is 1. The molecule has 1 aliphatic rings. The quantitative estimate of drug-likeness (QED) is 0.578. The molecule has 0 spiro atoms. The number of rotatable bonds is 1. The van der Waals surface area contributed by atoms with Crippen LogP contribution in [0.1, 0.15) is 16.7 Å². The first kappa shape index (κ1) is 13.5. The summed E-state index contributed by atoms with van der Waals surface area (Å²) in [7, 11) is 0. The van der Waals surface area contributed by atoms with Crippen molar-refractivity contribution in [2.75, 3.05) is 11.4 Å². The van der Waals surface area contributed by atoms with Crippen molar-refractivity contribution in [2.45, 2.75) is 19.9 Å². The van der Waals surface area contributed by atoms with Crippen molar-refractivity contribution in [3.63, 3.8) is 0 Å². The standard InChI is InChI=1S/C20H18N4/c1-13-6-7-16-17(10-13)23-19-18(16)21-12-22-20(19)24-9-8-14-4-2-3-5-15(14)11-24/h2-7,10,12,23H,8-9,11H2,1H3. The van der Waals surface area contributed by atoms with E-state index in [1.807, 2.05) is 0 Å². The van der Waals surface area contributed by atoms with Gasteiger partial charge in [-0.15, -0.1) is 0 Å². The van der Waals surface area contributed by atoms with Crippen LogP contribution in [0.4, 0.5) is 5.82 Å². The van der Waals surface area contributed by atoms with E-state index < -0.39 is 0 Å². The molecule has 118 valence electrons. The Labute approximate surface area is 140 Å². The molecule has 0 amide bonds. The van der Waals surface area contributed by atoms with Gasteiger partial charge in [0.1, 0.15) is 17.4 Å². The van der Waals surface area contributed by atoms with E-state index in [9.17, 15) is 0 Å². The Morgan fingerprint density at radius 2 is 1.92 bits per heavy atom. The Morgan fingerprint density at radius 3 is 2.83 bits per heavy atom. The number of hydrogen-bond acceptors (Lipinski definition) is 3.